The number of carbonyl (C=O) groups is 1. The number of nitrogens with two attached hydrogens (primary N) is 1. The van der Waals surface area contributed by atoms with Gasteiger partial charge in [0.2, 0.25) is 5.91 Å². The summed E-state index contributed by atoms with van der Waals surface area (Å²) in [6.07, 6.45) is 1.69. The minimum atomic E-state index is 0.130. The van der Waals surface area contributed by atoms with Crippen LogP contribution in [-0.2, 0) is 4.79 Å². The minimum absolute atomic E-state index is 0.130. The quantitative estimate of drug-likeness (QED) is 0.618. The Morgan fingerprint density at radius 2 is 1.75 bits per heavy atom. The van der Waals surface area contributed by atoms with E-state index in [1.165, 1.54) is 0 Å². The van der Waals surface area contributed by atoms with Gasteiger partial charge in [0, 0.05) is 46.2 Å². The van der Waals surface area contributed by atoms with Gasteiger partial charge in [0.1, 0.15) is 0 Å². The molecule has 0 aliphatic carbocycles. The van der Waals surface area contributed by atoms with Gasteiger partial charge in [-0.1, -0.05) is 0 Å². The van der Waals surface area contributed by atoms with Gasteiger partial charge >= 0.3 is 0 Å². The molecule has 0 aromatic heterocycles. The molecular weight excluding hydrogens is 204 g/mol. The lowest BCUT2D eigenvalue weighted by molar-refractivity contribution is -0.121. The summed E-state index contributed by atoms with van der Waals surface area (Å²) >= 11 is 0. The fourth-order valence-electron chi connectivity index (χ4n) is 1.94. The van der Waals surface area contributed by atoms with E-state index in [2.05, 4.69) is 15.1 Å². The van der Waals surface area contributed by atoms with Gasteiger partial charge in [0.15, 0.2) is 0 Å². The van der Waals surface area contributed by atoms with Crippen LogP contribution in [0.5, 0.6) is 0 Å². The van der Waals surface area contributed by atoms with E-state index in [9.17, 15) is 4.79 Å². The topological polar surface area (TPSA) is 61.6 Å². The SMILES string of the molecule is CNC(=O)CCN1CCN(CCCN)CC1. The van der Waals surface area contributed by atoms with Crippen molar-refractivity contribution < 1.29 is 4.79 Å². The number of nitrogens with zero attached hydrogens (tertiary/aromatic N) is 2. The van der Waals surface area contributed by atoms with Gasteiger partial charge in [-0.3, -0.25) is 4.79 Å². The van der Waals surface area contributed by atoms with Crippen molar-refractivity contribution >= 4 is 5.91 Å². The Labute approximate surface area is 98.0 Å². The van der Waals surface area contributed by atoms with Crippen LogP contribution < -0.4 is 11.1 Å². The number of carbonyl (C=O) groups excluding carboxylic acids is 1. The summed E-state index contributed by atoms with van der Waals surface area (Å²) in [6.45, 7) is 7.12. The lowest BCUT2D eigenvalue weighted by Gasteiger charge is -2.34. The van der Waals surface area contributed by atoms with E-state index >= 15 is 0 Å². The highest BCUT2D eigenvalue weighted by Gasteiger charge is 2.16. The van der Waals surface area contributed by atoms with Gasteiger partial charge in [-0.15, -0.1) is 0 Å². The maximum Gasteiger partial charge on any atom is 0.221 e. The van der Waals surface area contributed by atoms with Crippen LogP contribution in [0, 0.1) is 0 Å². The third-order valence-electron chi connectivity index (χ3n) is 3.08. The predicted molar refractivity (Wildman–Crippen MR) is 65.2 cm³/mol. The third kappa shape index (κ3) is 4.92. The highest BCUT2D eigenvalue weighted by molar-refractivity contribution is 5.75. The summed E-state index contributed by atoms with van der Waals surface area (Å²) in [5.41, 5.74) is 5.49. The number of hydrogen-bond donors (Lipinski definition) is 2. The first-order chi connectivity index (χ1) is 7.76. The molecule has 0 atom stereocenters. The Balaban J connectivity index is 2.09. The van der Waals surface area contributed by atoms with Gasteiger partial charge in [0.25, 0.3) is 0 Å². The number of rotatable bonds is 6. The van der Waals surface area contributed by atoms with Gasteiger partial charge in [-0.2, -0.15) is 0 Å². The fraction of sp³-hybridized carbons (Fsp3) is 0.909. The fourth-order valence-corrected chi connectivity index (χ4v) is 1.94. The summed E-state index contributed by atoms with van der Waals surface area (Å²) in [7, 11) is 1.69. The largest absolute Gasteiger partial charge is 0.359 e. The van der Waals surface area contributed by atoms with Gasteiger partial charge in [0.05, 0.1) is 0 Å². The Kier molecular flexibility index (Phi) is 6.37. The zero-order valence-corrected chi connectivity index (χ0v) is 10.2. The molecule has 16 heavy (non-hydrogen) atoms. The number of amides is 1. The summed E-state index contributed by atoms with van der Waals surface area (Å²) in [6, 6.07) is 0. The summed E-state index contributed by atoms with van der Waals surface area (Å²) in [5, 5.41) is 2.65. The monoisotopic (exact) mass is 228 g/mol. The van der Waals surface area contributed by atoms with Crippen LogP contribution in [-0.4, -0.2) is 68.6 Å². The second-order valence-corrected chi connectivity index (χ2v) is 4.25. The molecule has 1 aliphatic rings. The minimum Gasteiger partial charge on any atom is -0.359 e. The first-order valence-electron chi connectivity index (χ1n) is 6.11. The van der Waals surface area contributed by atoms with Crippen molar-refractivity contribution in [3.8, 4) is 0 Å². The average molecular weight is 228 g/mol. The van der Waals surface area contributed by atoms with Crippen molar-refractivity contribution in [1.29, 1.82) is 0 Å². The Bertz CT molecular complexity index is 202. The second kappa shape index (κ2) is 7.60. The number of piperazine rings is 1. The maximum atomic E-state index is 11.1. The summed E-state index contributed by atoms with van der Waals surface area (Å²) < 4.78 is 0. The molecule has 0 saturated carbocycles. The Morgan fingerprint density at radius 3 is 2.25 bits per heavy atom. The highest BCUT2D eigenvalue weighted by atomic mass is 16.1. The van der Waals surface area contributed by atoms with Crippen molar-refractivity contribution in [2.75, 3.05) is 52.9 Å². The first kappa shape index (κ1) is 13.4. The molecule has 5 nitrogen and oxygen atoms in total. The number of hydrogen-bond acceptors (Lipinski definition) is 4. The lowest BCUT2D eigenvalue weighted by Crippen LogP contribution is -2.47. The molecule has 3 N–H and O–H groups in total. The van der Waals surface area contributed by atoms with Crippen molar-refractivity contribution in [2.45, 2.75) is 12.8 Å². The molecule has 5 heteroatoms. The molecule has 1 aliphatic heterocycles. The first-order valence-corrected chi connectivity index (χ1v) is 6.11. The van der Waals surface area contributed by atoms with Crippen molar-refractivity contribution in [2.24, 2.45) is 5.73 Å². The van der Waals surface area contributed by atoms with Gasteiger partial charge < -0.3 is 20.9 Å². The van der Waals surface area contributed by atoms with E-state index in [0.717, 1.165) is 52.2 Å². The molecular formula is C11H24N4O. The van der Waals surface area contributed by atoms with E-state index in [0.29, 0.717) is 6.42 Å². The lowest BCUT2D eigenvalue weighted by atomic mass is 10.2. The summed E-state index contributed by atoms with van der Waals surface area (Å²) in [4.78, 5) is 15.9. The molecule has 1 saturated heterocycles. The molecule has 1 fully saturated rings. The molecule has 0 spiro atoms. The second-order valence-electron chi connectivity index (χ2n) is 4.25. The molecule has 1 amide bonds. The van der Waals surface area contributed by atoms with Crippen LogP contribution in [0.4, 0.5) is 0 Å². The van der Waals surface area contributed by atoms with Crippen LogP contribution >= 0.6 is 0 Å². The number of nitrogens with one attached hydrogen (secondary N) is 1. The van der Waals surface area contributed by atoms with E-state index in [1.54, 1.807) is 7.05 Å². The van der Waals surface area contributed by atoms with Crippen LogP contribution in [0.3, 0.4) is 0 Å². The van der Waals surface area contributed by atoms with E-state index in [-0.39, 0.29) is 5.91 Å². The molecule has 0 aromatic rings. The van der Waals surface area contributed by atoms with Crippen LogP contribution in [0.2, 0.25) is 0 Å². The van der Waals surface area contributed by atoms with Crippen molar-refractivity contribution in [3.63, 3.8) is 0 Å². The third-order valence-corrected chi connectivity index (χ3v) is 3.08. The molecule has 0 unspecified atom stereocenters. The van der Waals surface area contributed by atoms with E-state index < -0.39 is 0 Å². The molecule has 1 rings (SSSR count). The van der Waals surface area contributed by atoms with E-state index in [1.807, 2.05) is 0 Å². The van der Waals surface area contributed by atoms with Crippen LogP contribution in [0.1, 0.15) is 12.8 Å². The standard InChI is InChI=1S/C11H24N4O/c1-13-11(16)3-6-15-9-7-14(8-10-15)5-2-4-12/h2-10,12H2,1H3,(H,13,16). The van der Waals surface area contributed by atoms with Gasteiger partial charge in [-0.05, 0) is 19.5 Å². The highest BCUT2D eigenvalue weighted by Crippen LogP contribution is 2.02. The Hall–Kier alpha value is -0.650. The molecule has 0 bridgehead atoms. The normalized spacial score (nSPS) is 18.6. The summed E-state index contributed by atoms with van der Waals surface area (Å²) in [5.74, 6) is 0.130. The zero-order valence-electron chi connectivity index (χ0n) is 10.2. The molecule has 1 heterocycles. The predicted octanol–water partition coefficient (Wildman–Crippen LogP) is -0.911. The van der Waals surface area contributed by atoms with Crippen molar-refractivity contribution in [1.82, 2.24) is 15.1 Å². The maximum absolute atomic E-state index is 11.1. The zero-order chi connectivity index (χ0) is 11.8. The van der Waals surface area contributed by atoms with Crippen LogP contribution in [0.25, 0.3) is 0 Å². The average Bonchev–Trinajstić information content (AvgIpc) is 2.34. The van der Waals surface area contributed by atoms with Crippen LogP contribution in [0.15, 0.2) is 0 Å². The van der Waals surface area contributed by atoms with E-state index in [4.69, 9.17) is 5.73 Å². The molecule has 94 valence electrons. The van der Waals surface area contributed by atoms with Crippen molar-refractivity contribution in [3.05, 3.63) is 0 Å². The van der Waals surface area contributed by atoms with Gasteiger partial charge in [-0.25, -0.2) is 0 Å². The Morgan fingerprint density at radius 1 is 1.19 bits per heavy atom. The molecule has 0 radical (unpaired) electrons. The smallest absolute Gasteiger partial charge is 0.221 e. The molecule has 0 aromatic carbocycles.